The van der Waals surface area contributed by atoms with Gasteiger partial charge in [-0.25, -0.2) is 0 Å². The van der Waals surface area contributed by atoms with Gasteiger partial charge in [0.2, 0.25) is 0 Å². The molecule has 0 aliphatic heterocycles. The van der Waals surface area contributed by atoms with Crippen LogP contribution in [0, 0.1) is 0 Å². The Morgan fingerprint density at radius 1 is 0.515 bits per heavy atom. The van der Waals surface area contributed by atoms with Gasteiger partial charge in [-0.3, -0.25) is 0 Å². The van der Waals surface area contributed by atoms with Crippen LogP contribution in [0.5, 0.6) is 0 Å². The summed E-state index contributed by atoms with van der Waals surface area (Å²) >= 11 is -2.28. The molecule has 0 fully saturated rings. The van der Waals surface area contributed by atoms with Gasteiger partial charge in [0, 0.05) is 0 Å². The van der Waals surface area contributed by atoms with Crippen LogP contribution in [0.25, 0.3) is 23.3 Å². The van der Waals surface area contributed by atoms with E-state index in [0.717, 1.165) is 0 Å². The molecule has 4 aromatic carbocycles. The molecule has 0 aromatic heterocycles. The Kier molecular flexibility index (Phi) is 5.52. The standard InChI is InChI=1S/2C15H11.C2H4.Zr/c2*1-2-6-12(7-3-1)15-10-13-8-4-5-9-14(13)11-15;1-2;/h2*1-11H;1H,2H3;. The van der Waals surface area contributed by atoms with Crippen LogP contribution in [-0.2, 0) is 21.3 Å². The maximum absolute atomic E-state index is 2.65. The molecule has 2 atom stereocenters. The molecule has 0 bridgehead atoms. The number of hydrogen-bond acceptors (Lipinski definition) is 0. The van der Waals surface area contributed by atoms with Crippen LogP contribution < -0.4 is 0 Å². The molecule has 0 saturated heterocycles. The molecule has 0 radical (unpaired) electrons. The molecule has 2 aliphatic carbocycles. The molecule has 33 heavy (non-hydrogen) atoms. The fraction of sp³-hybridized carbons (Fsp3) is 0.0938. The molecule has 1 heteroatoms. The van der Waals surface area contributed by atoms with Crippen LogP contribution in [0.1, 0.15) is 47.6 Å². The Morgan fingerprint density at radius 2 is 0.909 bits per heavy atom. The molecular formula is C32H26Zr. The van der Waals surface area contributed by atoms with E-state index in [9.17, 15) is 0 Å². The number of hydrogen-bond donors (Lipinski definition) is 0. The summed E-state index contributed by atoms with van der Waals surface area (Å²) in [4.78, 5) is 0. The van der Waals surface area contributed by atoms with Crippen molar-refractivity contribution in [3.8, 4) is 0 Å². The molecule has 158 valence electrons. The Labute approximate surface area is 204 Å². The van der Waals surface area contributed by atoms with Crippen molar-refractivity contribution in [2.75, 3.05) is 0 Å². The summed E-state index contributed by atoms with van der Waals surface area (Å²) in [7, 11) is 0. The second-order valence-corrected chi connectivity index (χ2v) is 15.6. The summed E-state index contributed by atoms with van der Waals surface area (Å²) in [6.45, 7) is 2.34. The van der Waals surface area contributed by atoms with E-state index in [2.05, 4.69) is 132 Å². The topological polar surface area (TPSA) is 0 Å². The summed E-state index contributed by atoms with van der Waals surface area (Å²) in [5.74, 6) is 0. The Balaban J connectivity index is 1.54. The van der Waals surface area contributed by atoms with E-state index in [0.29, 0.717) is 7.25 Å². The van der Waals surface area contributed by atoms with Gasteiger partial charge in [-0.1, -0.05) is 0 Å². The maximum atomic E-state index is 2.65. The van der Waals surface area contributed by atoms with Crippen LogP contribution in [0.2, 0.25) is 0 Å². The molecule has 2 unspecified atom stereocenters. The van der Waals surface area contributed by atoms with Crippen molar-refractivity contribution in [2.24, 2.45) is 0 Å². The van der Waals surface area contributed by atoms with E-state index in [1.54, 1.807) is 0 Å². The average Bonchev–Trinajstić information content (AvgIpc) is 3.46. The summed E-state index contributed by atoms with van der Waals surface area (Å²) in [5.41, 5.74) is 11.6. The number of fused-ring (bicyclic) bond motifs is 2. The predicted molar refractivity (Wildman–Crippen MR) is 139 cm³/mol. The van der Waals surface area contributed by atoms with Crippen LogP contribution in [0.15, 0.2) is 109 Å². The van der Waals surface area contributed by atoms with Gasteiger partial charge < -0.3 is 0 Å². The Bertz CT molecular complexity index is 1300. The van der Waals surface area contributed by atoms with E-state index in [-0.39, 0.29) is 0 Å². The first-order valence-electron chi connectivity index (χ1n) is 11.7. The summed E-state index contributed by atoms with van der Waals surface area (Å²) in [5, 5.41) is 0. The minimum atomic E-state index is -2.28. The van der Waals surface area contributed by atoms with Crippen LogP contribution in [0.3, 0.4) is 0 Å². The van der Waals surface area contributed by atoms with E-state index >= 15 is 0 Å². The van der Waals surface area contributed by atoms with Crippen molar-refractivity contribution in [3.63, 3.8) is 0 Å². The number of allylic oxidation sites excluding steroid dienone is 2. The van der Waals surface area contributed by atoms with Gasteiger partial charge in [0.1, 0.15) is 0 Å². The zero-order valence-electron chi connectivity index (χ0n) is 18.8. The molecule has 6 rings (SSSR count). The van der Waals surface area contributed by atoms with E-state index in [4.69, 9.17) is 0 Å². The molecule has 0 amide bonds. The molecule has 2 aliphatic rings. The molecule has 0 N–H and O–H groups in total. The summed E-state index contributed by atoms with van der Waals surface area (Å²) in [6.07, 6.45) is 4.93. The molecule has 0 spiro atoms. The zero-order valence-corrected chi connectivity index (χ0v) is 21.2. The van der Waals surface area contributed by atoms with E-state index in [1.807, 2.05) is 0 Å². The van der Waals surface area contributed by atoms with E-state index in [1.165, 1.54) is 44.5 Å². The first-order chi connectivity index (χ1) is 16.3. The van der Waals surface area contributed by atoms with Crippen molar-refractivity contribution < 1.29 is 21.3 Å². The molecule has 0 nitrogen and oxygen atoms in total. The van der Waals surface area contributed by atoms with Gasteiger partial charge in [-0.2, -0.15) is 0 Å². The third-order valence-corrected chi connectivity index (χ3v) is 15.0. The minimum absolute atomic E-state index is 0.513. The van der Waals surface area contributed by atoms with Gasteiger partial charge in [0.15, 0.2) is 0 Å². The van der Waals surface area contributed by atoms with Crippen molar-refractivity contribution in [2.45, 2.75) is 14.2 Å². The second-order valence-electron chi connectivity index (χ2n) is 8.84. The first kappa shape index (κ1) is 20.7. The van der Waals surface area contributed by atoms with Gasteiger partial charge in [-0.05, 0) is 0 Å². The van der Waals surface area contributed by atoms with E-state index < -0.39 is 21.3 Å². The first-order valence-corrected chi connectivity index (χ1v) is 16.0. The van der Waals surface area contributed by atoms with Crippen molar-refractivity contribution in [3.05, 3.63) is 143 Å². The third-order valence-electron chi connectivity index (χ3n) is 7.07. The molecular weight excluding hydrogens is 476 g/mol. The molecule has 0 heterocycles. The number of rotatable bonds is 4. The van der Waals surface area contributed by atoms with Gasteiger partial charge in [0.05, 0.1) is 0 Å². The predicted octanol–water partition coefficient (Wildman–Crippen LogP) is 8.02. The number of benzene rings is 4. The normalized spacial score (nSPS) is 18.2. The van der Waals surface area contributed by atoms with Gasteiger partial charge in [0.25, 0.3) is 0 Å². The second kappa shape index (κ2) is 8.81. The van der Waals surface area contributed by atoms with Crippen LogP contribution >= 0.6 is 0 Å². The van der Waals surface area contributed by atoms with Crippen molar-refractivity contribution >= 4 is 27.0 Å². The van der Waals surface area contributed by atoms with Crippen LogP contribution in [0.4, 0.5) is 0 Å². The quantitative estimate of drug-likeness (QED) is 0.266. The SMILES string of the molecule is C[CH]=[Zr]([CH]1C(c2ccccc2)=Cc2ccccc21)[CH]1C(c2ccccc2)=Cc2ccccc21. The Morgan fingerprint density at radius 3 is 1.33 bits per heavy atom. The van der Waals surface area contributed by atoms with Crippen LogP contribution in [-0.4, -0.2) is 3.71 Å². The molecule has 0 saturated carbocycles. The Hall–Kier alpha value is -2.89. The zero-order chi connectivity index (χ0) is 22.2. The fourth-order valence-corrected chi connectivity index (χ4v) is 14.1. The van der Waals surface area contributed by atoms with Gasteiger partial charge in [-0.15, -0.1) is 0 Å². The van der Waals surface area contributed by atoms with Crippen molar-refractivity contribution in [1.29, 1.82) is 0 Å². The molecule has 4 aromatic rings. The fourth-order valence-electron chi connectivity index (χ4n) is 5.63. The van der Waals surface area contributed by atoms with Gasteiger partial charge >= 0.3 is 205 Å². The monoisotopic (exact) mass is 500 g/mol. The van der Waals surface area contributed by atoms with Crippen molar-refractivity contribution in [1.82, 2.24) is 0 Å². The third kappa shape index (κ3) is 3.60. The summed E-state index contributed by atoms with van der Waals surface area (Å²) < 4.78 is 3.67. The summed E-state index contributed by atoms with van der Waals surface area (Å²) in [6, 6.07) is 40.3. The average molecular weight is 502 g/mol.